The van der Waals surface area contributed by atoms with E-state index in [1.54, 1.807) is 6.92 Å². The molecule has 0 spiro atoms. The molecule has 0 radical (unpaired) electrons. The maximum atomic E-state index is 11.7. The molecule has 0 aliphatic heterocycles. The number of hydrogen-bond acceptors (Lipinski definition) is 3. The average Bonchev–Trinajstić information content (AvgIpc) is 2.61. The van der Waals surface area contributed by atoms with E-state index in [9.17, 15) is 8.42 Å². The van der Waals surface area contributed by atoms with Gasteiger partial charge in [0.05, 0.1) is 11.9 Å². The van der Waals surface area contributed by atoms with E-state index in [1.807, 2.05) is 6.92 Å². The molecule has 15 heavy (non-hydrogen) atoms. The first-order chi connectivity index (χ1) is 6.97. The van der Waals surface area contributed by atoms with Crippen LogP contribution in [0.4, 0.5) is 0 Å². The summed E-state index contributed by atoms with van der Waals surface area (Å²) in [5, 5.41) is 6.25. The molecule has 0 saturated carbocycles. The standard InChI is InChI=1S/C8H14ClN3O2S/c1-6(3-9)4-11-15(13,14)8-5-10-12-7(8)2/h5-6,11H,3-4H2,1-2H3,(H,10,12). The zero-order valence-electron chi connectivity index (χ0n) is 8.62. The van der Waals surface area contributed by atoms with Crippen molar-refractivity contribution in [3.8, 4) is 0 Å². The normalized spacial score (nSPS) is 14.1. The molecule has 1 heterocycles. The van der Waals surface area contributed by atoms with Crippen molar-refractivity contribution >= 4 is 21.6 Å². The Morgan fingerprint density at radius 3 is 2.80 bits per heavy atom. The lowest BCUT2D eigenvalue weighted by molar-refractivity contribution is 0.561. The van der Waals surface area contributed by atoms with Crippen LogP contribution in [0.1, 0.15) is 12.6 Å². The molecule has 2 N–H and O–H groups in total. The van der Waals surface area contributed by atoms with Crippen molar-refractivity contribution in [2.24, 2.45) is 5.92 Å². The van der Waals surface area contributed by atoms with E-state index < -0.39 is 10.0 Å². The number of halogens is 1. The number of hydrogen-bond donors (Lipinski definition) is 2. The van der Waals surface area contributed by atoms with E-state index in [0.29, 0.717) is 18.1 Å². The van der Waals surface area contributed by atoms with Gasteiger partial charge in [-0.2, -0.15) is 5.10 Å². The largest absolute Gasteiger partial charge is 0.281 e. The number of aryl methyl sites for hydroxylation is 1. The van der Waals surface area contributed by atoms with Crippen molar-refractivity contribution in [2.45, 2.75) is 18.7 Å². The van der Waals surface area contributed by atoms with E-state index in [2.05, 4.69) is 14.9 Å². The van der Waals surface area contributed by atoms with E-state index in [-0.39, 0.29) is 10.8 Å². The molecule has 0 aromatic carbocycles. The molecule has 1 aromatic rings. The molecule has 86 valence electrons. The number of sulfonamides is 1. The maximum Gasteiger partial charge on any atom is 0.243 e. The van der Waals surface area contributed by atoms with Crippen LogP contribution in [0.2, 0.25) is 0 Å². The highest BCUT2D eigenvalue weighted by Gasteiger charge is 2.18. The SMILES string of the molecule is Cc1[nH]ncc1S(=O)(=O)NCC(C)CCl. The van der Waals surface area contributed by atoms with Crippen LogP contribution in [0.3, 0.4) is 0 Å². The first-order valence-electron chi connectivity index (χ1n) is 4.53. The molecule has 0 amide bonds. The third-order valence-corrected chi connectivity index (χ3v) is 4.02. The van der Waals surface area contributed by atoms with Gasteiger partial charge in [-0.05, 0) is 12.8 Å². The monoisotopic (exact) mass is 251 g/mol. The van der Waals surface area contributed by atoms with Gasteiger partial charge in [0.15, 0.2) is 0 Å². The number of rotatable bonds is 5. The summed E-state index contributed by atoms with van der Waals surface area (Å²) in [7, 11) is -3.46. The number of aromatic nitrogens is 2. The zero-order chi connectivity index (χ0) is 11.5. The second-order valence-corrected chi connectivity index (χ2v) is 5.51. The molecular formula is C8H14ClN3O2S. The number of nitrogens with one attached hydrogen (secondary N) is 2. The summed E-state index contributed by atoms with van der Waals surface area (Å²) in [5.74, 6) is 0.529. The minimum Gasteiger partial charge on any atom is -0.281 e. The highest BCUT2D eigenvalue weighted by atomic mass is 35.5. The molecule has 0 aliphatic rings. The van der Waals surface area contributed by atoms with Gasteiger partial charge in [0.1, 0.15) is 4.90 Å². The molecule has 1 unspecified atom stereocenters. The van der Waals surface area contributed by atoms with Crippen LogP contribution in [0.25, 0.3) is 0 Å². The third-order valence-electron chi connectivity index (χ3n) is 1.96. The Morgan fingerprint density at radius 2 is 2.33 bits per heavy atom. The molecule has 1 aromatic heterocycles. The second-order valence-electron chi connectivity index (χ2n) is 3.47. The van der Waals surface area contributed by atoms with Crippen molar-refractivity contribution in [1.82, 2.24) is 14.9 Å². The number of alkyl halides is 1. The van der Waals surface area contributed by atoms with Crippen LogP contribution in [-0.4, -0.2) is 31.0 Å². The summed E-state index contributed by atoms with van der Waals surface area (Å²) < 4.78 is 25.9. The fourth-order valence-electron chi connectivity index (χ4n) is 0.995. The van der Waals surface area contributed by atoms with Crippen LogP contribution >= 0.6 is 11.6 Å². The maximum absolute atomic E-state index is 11.7. The van der Waals surface area contributed by atoms with E-state index in [4.69, 9.17) is 11.6 Å². The predicted octanol–water partition coefficient (Wildman–Crippen LogP) is 0.871. The molecule has 0 fully saturated rings. The first kappa shape index (κ1) is 12.5. The Hall–Kier alpha value is -0.590. The highest BCUT2D eigenvalue weighted by molar-refractivity contribution is 7.89. The number of aromatic amines is 1. The number of nitrogens with zero attached hydrogens (tertiary/aromatic N) is 1. The summed E-state index contributed by atoms with van der Waals surface area (Å²) in [6.45, 7) is 3.86. The third kappa shape index (κ3) is 3.19. The minimum atomic E-state index is -3.46. The van der Waals surface area contributed by atoms with Gasteiger partial charge in [0.25, 0.3) is 0 Å². The Bertz CT molecular complexity index is 415. The lowest BCUT2D eigenvalue weighted by Crippen LogP contribution is -2.29. The average molecular weight is 252 g/mol. The Kier molecular flexibility index (Phi) is 4.12. The molecule has 7 heteroatoms. The van der Waals surface area contributed by atoms with Gasteiger partial charge in [-0.15, -0.1) is 11.6 Å². The fourth-order valence-corrected chi connectivity index (χ4v) is 2.40. The lowest BCUT2D eigenvalue weighted by atomic mass is 10.2. The molecular weight excluding hydrogens is 238 g/mol. The molecule has 0 bridgehead atoms. The van der Waals surface area contributed by atoms with Crippen LogP contribution in [0.15, 0.2) is 11.1 Å². The summed E-state index contributed by atoms with van der Waals surface area (Å²) >= 11 is 5.58. The van der Waals surface area contributed by atoms with Gasteiger partial charge in [-0.3, -0.25) is 5.10 Å². The topological polar surface area (TPSA) is 74.8 Å². The van der Waals surface area contributed by atoms with Crippen molar-refractivity contribution in [2.75, 3.05) is 12.4 Å². The van der Waals surface area contributed by atoms with Crippen LogP contribution in [0.5, 0.6) is 0 Å². The van der Waals surface area contributed by atoms with Crippen LogP contribution in [0, 0.1) is 12.8 Å². The smallest absolute Gasteiger partial charge is 0.243 e. The van der Waals surface area contributed by atoms with Gasteiger partial charge in [-0.1, -0.05) is 6.92 Å². The van der Waals surface area contributed by atoms with Crippen molar-refractivity contribution < 1.29 is 8.42 Å². The van der Waals surface area contributed by atoms with E-state index >= 15 is 0 Å². The van der Waals surface area contributed by atoms with Crippen molar-refractivity contribution in [1.29, 1.82) is 0 Å². The van der Waals surface area contributed by atoms with Gasteiger partial charge in [0, 0.05) is 12.4 Å². The summed E-state index contributed by atoms with van der Waals surface area (Å²) in [6, 6.07) is 0. The summed E-state index contributed by atoms with van der Waals surface area (Å²) in [4.78, 5) is 0.185. The molecule has 0 aliphatic carbocycles. The van der Waals surface area contributed by atoms with Crippen molar-refractivity contribution in [3.63, 3.8) is 0 Å². The van der Waals surface area contributed by atoms with Gasteiger partial charge < -0.3 is 0 Å². The lowest BCUT2D eigenvalue weighted by Gasteiger charge is -2.09. The Balaban J connectivity index is 2.73. The minimum absolute atomic E-state index is 0.105. The van der Waals surface area contributed by atoms with E-state index in [1.165, 1.54) is 6.20 Å². The highest BCUT2D eigenvalue weighted by Crippen LogP contribution is 2.11. The van der Waals surface area contributed by atoms with Crippen molar-refractivity contribution in [3.05, 3.63) is 11.9 Å². The van der Waals surface area contributed by atoms with E-state index in [0.717, 1.165) is 0 Å². The Morgan fingerprint density at radius 1 is 1.67 bits per heavy atom. The fraction of sp³-hybridized carbons (Fsp3) is 0.625. The number of H-pyrrole nitrogens is 1. The van der Waals surface area contributed by atoms with Gasteiger partial charge >= 0.3 is 0 Å². The van der Waals surface area contributed by atoms with Crippen LogP contribution in [-0.2, 0) is 10.0 Å². The Labute approximate surface area is 94.3 Å². The molecule has 1 atom stereocenters. The first-order valence-corrected chi connectivity index (χ1v) is 6.54. The quantitative estimate of drug-likeness (QED) is 0.763. The van der Waals surface area contributed by atoms with Gasteiger partial charge in [-0.25, -0.2) is 13.1 Å². The molecule has 5 nitrogen and oxygen atoms in total. The van der Waals surface area contributed by atoms with Gasteiger partial charge in [0.2, 0.25) is 10.0 Å². The molecule has 1 rings (SSSR count). The summed E-state index contributed by atoms with van der Waals surface area (Å²) in [5.41, 5.74) is 0.529. The van der Waals surface area contributed by atoms with Crippen LogP contribution < -0.4 is 4.72 Å². The summed E-state index contributed by atoms with van der Waals surface area (Å²) in [6.07, 6.45) is 1.29. The molecule has 0 saturated heterocycles. The predicted molar refractivity (Wildman–Crippen MR) is 58.4 cm³/mol. The zero-order valence-corrected chi connectivity index (χ0v) is 10.2. The second kappa shape index (κ2) is 4.96.